The quantitative estimate of drug-likeness (QED) is 0.830. The van der Waals surface area contributed by atoms with Gasteiger partial charge in [0.05, 0.1) is 23.0 Å². The highest BCUT2D eigenvalue weighted by atomic mass is 79.9. The van der Waals surface area contributed by atoms with Crippen LogP contribution in [-0.2, 0) is 10.0 Å². The second-order valence-electron chi connectivity index (χ2n) is 3.98. The van der Waals surface area contributed by atoms with E-state index in [0.717, 1.165) is 0 Å². The fourth-order valence-electron chi connectivity index (χ4n) is 1.63. The summed E-state index contributed by atoms with van der Waals surface area (Å²) in [6.07, 6.45) is 0. The molecule has 7 heteroatoms. The third-order valence-electron chi connectivity index (χ3n) is 2.51. The molecule has 102 valence electrons. The Kier molecular flexibility index (Phi) is 3.97. The molecule has 0 radical (unpaired) electrons. The maximum absolute atomic E-state index is 12.2. The van der Waals surface area contributed by atoms with E-state index >= 15 is 0 Å². The molecule has 0 aliphatic heterocycles. The van der Waals surface area contributed by atoms with Crippen LogP contribution in [0.3, 0.4) is 0 Å². The van der Waals surface area contributed by atoms with Crippen molar-refractivity contribution in [2.45, 2.75) is 4.90 Å². The average molecular weight is 352 g/mol. The molecule has 0 saturated carbocycles. The highest BCUT2D eigenvalue weighted by Crippen LogP contribution is 2.25. The molecule has 2 aromatic carbocycles. The van der Waals surface area contributed by atoms with Crippen molar-refractivity contribution in [3.63, 3.8) is 0 Å². The Hall–Kier alpha value is -2.04. The van der Waals surface area contributed by atoms with E-state index in [1.807, 2.05) is 6.07 Å². The number of nitriles is 1. The minimum absolute atomic E-state index is 0.0111. The molecule has 0 atom stereocenters. The Morgan fingerprint density at radius 3 is 2.60 bits per heavy atom. The van der Waals surface area contributed by atoms with Gasteiger partial charge >= 0.3 is 0 Å². The van der Waals surface area contributed by atoms with Crippen LogP contribution in [0.4, 0.5) is 11.4 Å². The molecule has 0 bridgehead atoms. The summed E-state index contributed by atoms with van der Waals surface area (Å²) in [6, 6.07) is 12.7. The third kappa shape index (κ3) is 3.10. The first-order valence-corrected chi connectivity index (χ1v) is 7.78. The zero-order valence-corrected chi connectivity index (χ0v) is 12.6. The SMILES string of the molecule is N#Cc1cccc(NS(=O)(=O)c2ccc(Br)cc2N)c1. The van der Waals surface area contributed by atoms with Gasteiger partial charge in [0.2, 0.25) is 0 Å². The summed E-state index contributed by atoms with van der Waals surface area (Å²) in [5, 5.41) is 8.80. The Balaban J connectivity index is 2.38. The van der Waals surface area contributed by atoms with E-state index in [9.17, 15) is 8.42 Å². The summed E-state index contributed by atoms with van der Waals surface area (Å²) in [6.45, 7) is 0. The van der Waals surface area contributed by atoms with Crippen molar-refractivity contribution in [2.75, 3.05) is 10.5 Å². The van der Waals surface area contributed by atoms with E-state index in [2.05, 4.69) is 20.7 Å². The summed E-state index contributed by atoms with van der Waals surface area (Å²) in [7, 11) is -3.79. The summed E-state index contributed by atoms with van der Waals surface area (Å²) in [5.74, 6) is 0. The first-order chi connectivity index (χ1) is 9.42. The molecule has 0 fully saturated rings. The second-order valence-corrected chi connectivity index (χ2v) is 6.55. The van der Waals surface area contributed by atoms with Gasteiger partial charge in [-0.2, -0.15) is 5.26 Å². The van der Waals surface area contributed by atoms with Gasteiger partial charge in [-0.15, -0.1) is 0 Å². The van der Waals surface area contributed by atoms with Crippen LogP contribution in [0.15, 0.2) is 51.8 Å². The van der Waals surface area contributed by atoms with Crippen LogP contribution in [0.25, 0.3) is 0 Å². The molecule has 0 heterocycles. The molecule has 0 unspecified atom stereocenters. The fraction of sp³-hybridized carbons (Fsp3) is 0. The number of sulfonamides is 1. The minimum Gasteiger partial charge on any atom is -0.398 e. The summed E-state index contributed by atoms with van der Waals surface area (Å²) < 4.78 is 27.6. The van der Waals surface area contributed by atoms with Gasteiger partial charge in [-0.3, -0.25) is 4.72 Å². The third-order valence-corrected chi connectivity index (χ3v) is 4.45. The Morgan fingerprint density at radius 2 is 1.95 bits per heavy atom. The molecule has 2 rings (SSSR count). The molecule has 0 amide bonds. The van der Waals surface area contributed by atoms with Crippen LogP contribution in [0.1, 0.15) is 5.56 Å². The number of halogens is 1. The van der Waals surface area contributed by atoms with Crippen LogP contribution in [0, 0.1) is 11.3 Å². The minimum atomic E-state index is -3.79. The van der Waals surface area contributed by atoms with E-state index < -0.39 is 10.0 Å². The van der Waals surface area contributed by atoms with E-state index in [-0.39, 0.29) is 10.6 Å². The molecule has 0 saturated heterocycles. The van der Waals surface area contributed by atoms with Crippen molar-refractivity contribution in [3.05, 3.63) is 52.5 Å². The summed E-state index contributed by atoms with van der Waals surface area (Å²) >= 11 is 3.22. The molecular formula is C13H10BrN3O2S. The summed E-state index contributed by atoms with van der Waals surface area (Å²) in [5.41, 5.74) is 6.54. The van der Waals surface area contributed by atoms with Crippen molar-refractivity contribution in [3.8, 4) is 6.07 Å². The second kappa shape index (κ2) is 5.53. The zero-order chi connectivity index (χ0) is 14.8. The van der Waals surface area contributed by atoms with Gasteiger partial charge in [0, 0.05) is 4.47 Å². The molecule has 20 heavy (non-hydrogen) atoms. The van der Waals surface area contributed by atoms with Crippen molar-refractivity contribution in [1.29, 1.82) is 5.26 Å². The van der Waals surface area contributed by atoms with Gasteiger partial charge in [-0.1, -0.05) is 22.0 Å². The highest BCUT2D eigenvalue weighted by molar-refractivity contribution is 9.10. The molecular weight excluding hydrogens is 342 g/mol. The lowest BCUT2D eigenvalue weighted by atomic mass is 10.2. The lowest BCUT2D eigenvalue weighted by molar-refractivity contribution is 0.601. The number of nitrogens with zero attached hydrogens (tertiary/aromatic N) is 1. The van der Waals surface area contributed by atoms with Crippen molar-refractivity contribution >= 4 is 37.3 Å². The molecule has 0 aromatic heterocycles. The standard InChI is InChI=1S/C13H10BrN3O2S/c14-10-4-5-13(12(16)7-10)20(18,19)17-11-3-1-2-9(6-11)8-15/h1-7,17H,16H2. The largest absolute Gasteiger partial charge is 0.398 e. The lowest BCUT2D eigenvalue weighted by Gasteiger charge is -2.10. The first kappa shape index (κ1) is 14.4. The predicted octanol–water partition coefficient (Wildman–Crippen LogP) is 2.70. The molecule has 0 spiro atoms. The molecule has 5 nitrogen and oxygen atoms in total. The number of nitrogens with two attached hydrogens (primary N) is 1. The number of rotatable bonds is 3. The molecule has 2 aromatic rings. The van der Waals surface area contributed by atoms with Gasteiger partial charge in [0.15, 0.2) is 0 Å². The van der Waals surface area contributed by atoms with Gasteiger partial charge in [0.1, 0.15) is 4.90 Å². The van der Waals surface area contributed by atoms with Crippen molar-refractivity contribution in [1.82, 2.24) is 0 Å². The lowest BCUT2D eigenvalue weighted by Crippen LogP contribution is -2.14. The van der Waals surface area contributed by atoms with E-state index in [1.54, 1.807) is 24.3 Å². The summed E-state index contributed by atoms with van der Waals surface area (Å²) in [4.78, 5) is -0.0111. The van der Waals surface area contributed by atoms with Gasteiger partial charge < -0.3 is 5.73 Å². The molecule has 0 aliphatic carbocycles. The van der Waals surface area contributed by atoms with E-state index in [0.29, 0.717) is 15.7 Å². The van der Waals surface area contributed by atoms with Crippen molar-refractivity contribution in [2.24, 2.45) is 0 Å². The van der Waals surface area contributed by atoms with Crippen LogP contribution >= 0.6 is 15.9 Å². The van der Waals surface area contributed by atoms with Gasteiger partial charge in [-0.25, -0.2) is 8.42 Å². The van der Waals surface area contributed by atoms with E-state index in [4.69, 9.17) is 11.0 Å². The number of hydrogen-bond donors (Lipinski definition) is 2. The number of benzene rings is 2. The number of hydrogen-bond acceptors (Lipinski definition) is 4. The highest BCUT2D eigenvalue weighted by Gasteiger charge is 2.17. The molecule has 0 aliphatic rings. The monoisotopic (exact) mass is 351 g/mol. The normalized spacial score (nSPS) is 10.8. The topological polar surface area (TPSA) is 96.0 Å². The van der Waals surface area contributed by atoms with Crippen LogP contribution in [0.5, 0.6) is 0 Å². The van der Waals surface area contributed by atoms with E-state index in [1.165, 1.54) is 18.2 Å². The Bertz CT molecular complexity index is 798. The maximum Gasteiger partial charge on any atom is 0.263 e. The van der Waals surface area contributed by atoms with Gasteiger partial charge in [-0.05, 0) is 36.4 Å². The Labute approximate surface area is 125 Å². The smallest absolute Gasteiger partial charge is 0.263 e. The van der Waals surface area contributed by atoms with Crippen molar-refractivity contribution < 1.29 is 8.42 Å². The first-order valence-electron chi connectivity index (χ1n) is 5.50. The Morgan fingerprint density at radius 1 is 1.20 bits per heavy atom. The number of nitrogen functional groups attached to an aromatic ring is 1. The zero-order valence-electron chi connectivity index (χ0n) is 10.2. The average Bonchev–Trinajstić information content (AvgIpc) is 2.37. The van der Waals surface area contributed by atoms with Crippen LogP contribution in [0.2, 0.25) is 0 Å². The molecule has 3 N–H and O–H groups in total. The fourth-order valence-corrected chi connectivity index (χ4v) is 3.17. The maximum atomic E-state index is 12.2. The number of nitrogens with one attached hydrogen (secondary N) is 1. The number of anilines is 2. The predicted molar refractivity (Wildman–Crippen MR) is 80.5 cm³/mol. The van der Waals surface area contributed by atoms with Crippen LogP contribution in [-0.4, -0.2) is 8.42 Å². The van der Waals surface area contributed by atoms with Crippen LogP contribution < -0.4 is 10.5 Å². The van der Waals surface area contributed by atoms with Gasteiger partial charge in [0.25, 0.3) is 10.0 Å².